The number of imidazole rings is 1. The van der Waals surface area contributed by atoms with Crippen LogP contribution in [0.15, 0.2) is 48.5 Å². The van der Waals surface area contributed by atoms with Crippen LogP contribution in [0.3, 0.4) is 0 Å². The molecule has 0 aliphatic carbocycles. The molecule has 5 N–H and O–H groups in total. The van der Waals surface area contributed by atoms with E-state index in [1.165, 1.54) is 12.1 Å². The second-order valence-electron chi connectivity index (χ2n) is 6.70. The highest BCUT2D eigenvalue weighted by Crippen LogP contribution is 2.21. The standard InChI is InChI=1S/C21H22FN5O3/c22-12-18(23)24-11-5-10-17(19-25-15-8-3-4-9-16(15)26-19)27-20(28)13-6-1-2-7-14(13)21(29)30/h1-4,6-9,17H,5,10-12H2,(H2,23,24)(H,25,26)(H,27,28)(H,29,30). The molecule has 0 fully saturated rings. The Bertz CT molecular complexity index is 1030. The smallest absolute Gasteiger partial charge is 0.336 e. The Hall–Kier alpha value is -3.75. The van der Waals surface area contributed by atoms with Crippen LogP contribution in [-0.4, -0.2) is 46.0 Å². The van der Waals surface area contributed by atoms with Crippen molar-refractivity contribution in [3.63, 3.8) is 0 Å². The number of nitrogens with one attached hydrogen (secondary N) is 4. The lowest BCUT2D eigenvalue weighted by atomic mass is 10.1. The first-order chi connectivity index (χ1) is 14.5. The lowest BCUT2D eigenvalue weighted by Gasteiger charge is -2.18. The molecule has 0 saturated heterocycles. The average molecular weight is 411 g/mol. The zero-order valence-electron chi connectivity index (χ0n) is 16.1. The molecule has 0 saturated carbocycles. The van der Waals surface area contributed by atoms with Gasteiger partial charge < -0.3 is 20.7 Å². The first-order valence-corrected chi connectivity index (χ1v) is 9.44. The van der Waals surface area contributed by atoms with E-state index in [1.54, 1.807) is 12.1 Å². The molecule has 1 atom stereocenters. The lowest BCUT2D eigenvalue weighted by Crippen LogP contribution is -2.32. The maximum absolute atomic E-state index is 12.8. The number of amides is 1. The van der Waals surface area contributed by atoms with E-state index in [4.69, 9.17) is 5.41 Å². The number of carboxylic acids is 1. The van der Waals surface area contributed by atoms with Gasteiger partial charge in [0.05, 0.1) is 28.2 Å². The van der Waals surface area contributed by atoms with Crippen molar-refractivity contribution in [1.29, 1.82) is 5.41 Å². The Balaban J connectivity index is 1.81. The summed E-state index contributed by atoms with van der Waals surface area (Å²) in [5, 5.41) is 22.2. The molecular formula is C21H22FN5O3. The highest BCUT2D eigenvalue weighted by molar-refractivity contribution is 6.04. The predicted molar refractivity (Wildman–Crippen MR) is 111 cm³/mol. The van der Waals surface area contributed by atoms with Gasteiger partial charge in [0.2, 0.25) is 0 Å². The van der Waals surface area contributed by atoms with E-state index in [2.05, 4.69) is 20.6 Å². The van der Waals surface area contributed by atoms with E-state index in [0.717, 1.165) is 11.0 Å². The minimum absolute atomic E-state index is 0.0587. The van der Waals surface area contributed by atoms with Gasteiger partial charge in [-0.3, -0.25) is 10.2 Å². The van der Waals surface area contributed by atoms with Crippen LogP contribution in [0, 0.1) is 5.41 Å². The van der Waals surface area contributed by atoms with Gasteiger partial charge in [0, 0.05) is 6.54 Å². The topological polar surface area (TPSA) is 131 Å². The SMILES string of the molecule is N=C(CF)NCCCC(NC(=O)c1ccccc1C(=O)O)c1nc2ccccc2[nH]1. The number of alkyl halides is 1. The molecule has 8 nitrogen and oxygen atoms in total. The molecule has 1 amide bonds. The molecule has 1 heterocycles. The largest absolute Gasteiger partial charge is 0.478 e. The summed E-state index contributed by atoms with van der Waals surface area (Å²) in [5.41, 5.74) is 1.53. The van der Waals surface area contributed by atoms with E-state index in [9.17, 15) is 19.1 Å². The summed E-state index contributed by atoms with van der Waals surface area (Å²) in [5.74, 6) is -1.37. The molecule has 2 aromatic carbocycles. The number of carboxylic acid groups (broad SMARTS) is 1. The fourth-order valence-corrected chi connectivity index (χ4v) is 3.11. The molecule has 3 aromatic rings. The van der Waals surface area contributed by atoms with Crippen molar-refractivity contribution >= 4 is 28.7 Å². The maximum Gasteiger partial charge on any atom is 0.336 e. The van der Waals surface area contributed by atoms with Crippen molar-refractivity contribution in [2.45, 2.75) is 18.9 Å². The summed E-state index contributed by atoms with van der Waals surface area (Å²) in [7, 11) is 0. The van der Waals surface area contributed by atoms with Gasteiger partial charge in [-0.15, -0.1) is 0 Å². The van der Waals surface area contributed by atoms with E-state index < -0.39 is 24.6 Å². The monoisotopic (exact) mass is 411 g/mol. The Kier molecular flexibility index (Phi) is 6.74. The summed E-state index contributed by atoms with van der Waals surface area (Å²) in [6.07, 6.45) is 0.984. The number of fused-ring (bicyclic) bond motifs is 1. The normalized spacial score (nSPS) is 11.8. The van der Waals surface area contributed by atoms with Crippen LogP contribution in [-0.2, 0) is 0 Å². The van der Waals surface area contributed by atoms with Crippen molar-refractivity contribution in [2.24, 2.45) is 0 Å². The van der Waals surface area contributed by atoms with Crippen LogP contribution < -0.4 is 10.6 Å². The Morgan fingerprint density at radius 3 is 2.53 bits per heavy atom. The molecule has 1 aromatic heterocycles. The number of benzene rings is 2. The molecule has 156 valence electrons. The number of para-hydroxylation sites is 2. The van der Waals surface area contributed by atoms with Crippen molar-refractivity contribution in [2.75, 3.05) is 13.2 Å². The summed E-state index contributed by atoms with van der Waals surface area (Å²) in [6, 6.07) is 12.9. The number of carbonyl (C=O) groups is 2. The quantitative estimate of drug-likeness (QED) is 0.210. The number of hydrogen-bond acceptors (Lipinski definition) is 4. The zero-order valence-corrected chi connectivity index (χ0v) is 16.1. The van der Waals surface area contributed by atoms with Gasteiger partial charge in [0.1, 0.15) is 18.3 Å². The molecule has 30 heavy (non-hydrogen) atoms. The molecule has 0 spiro atoms. The maximum atomic E-state index is 12.8. The summed E-state index contributed by atoms with van der Waals surface area (Å²) in [4.78, 5) is 32.0. The van der Waals surface area contributed by atoms with Crippen molar-refractivity contribution < 1.29 is 19.1 Å². The van der Waals surface area contributed by atoms with Gasteiger partial charge in [-0.05, 0) is 37.1 Å². The Morgan fingerprint density at radius 1 is 1.13 bits per heavy atom. The predicted octanol–water partition coefficient (Wildman–Crippen LogP) is 3.05. The molecular weight excluding hydrogens is 389 g/mol. The van der Waals surface area contributed by atoms with Gasteiger partial charge in [0.15, 0.2) is 0 Å². The van der Waals surface area contributed by atoms with Crippen LogP contribution in [0.1, 0.15) is 45.4 Å². The van der Waals surface area contributed by atoms with Crippen molar-refractivity contribution in [3.8, 4) is 0 Å². The number of amidine groups is 1. The van der Waals surface area contributed by atoms with Crippen LogP contribution in [0.4, 0.5) is 4.39 Å². The van der Waals surface area contributed by atoms with Gasteiger partial charge in [-0.2, -0.15) is 0 Å². The molecule has 3 rings (SSSR count). The highest BCUT2D eigenvalue weighted by atomic mass is 19.1. The summed E-state index contributed by atoms with van der Waals surface area (Å²) >= 11 is 0. The van der Waals surface area contributed by atoms with Crippen LogP contribution in [0.5, 0.6) is 0 Å². The minimum Gasteiger partial charge on any atom is -0.478 e. The summed E-state index contributed by atoms with van der Waals surface area (Å²) < 4.78 is 12.4. The Morgan fingerprint density at radius 2 is 1.83 bits per heavy atom. The van der Waals surface area contributed by atoms with E-state index in [1.807, 2.05) is 24.3 Å². The van der Waals surface area contributed by atoms with Gasteiger partial charge in [-0.1, -0.05) is 24.3 Å². The zero-order chi connectivity index (χ0) is 21.5. The third-order valence-corrected chi connectivity index (χ3v) is 4.59. The van der Waals surface area contributed by atoms with E-state index in [-0.39, 0.29) is 17.0 Å². The van der Waals surface area contributed by atoms with Crippen molar-refractivity contribution in [1.82, 2.24) is 20.6 Å². The van der Waals surface area contributed by atoms with Crippen molar-refractivity contribution in [3.05, 3.63) is 65.5 Å². The summed E-state index contributed by atoms with van der Waals surface area (Å²) in [6.45, 7) is -0.503. The molecule has 1 unspecified atom stereocenters. The number of halogens is 1. The number of hydrogen-bond donors (Lipinski definition) is 5. The molecule has 0 bridgehead atoms. The number of nitrogens with zero attached hydrogens (tertiary/aromatic N) is 1. The van der Waals surface area contributed by atoms with Crippen LogP contribution >= 0.6 is 0 Å². The van der Waals surface area contributed by atoms with Crippen LogP contribution in [0.25, 0.3) is 11.0 Å². The fourth-order valence-electron chi connectivity index (χ4n) is 3.11. The molecule has 0 radical (unpaired) electrons. The number of H-pyrrole nitrogens is 1. The number of aromatic nitrogens is 2. The lowest BCUT2D eigenvalue weighted by molar-refractivity contribution is 0.0690. The molecule has 0 aliphatic rings. The number of rotatable bonds is 9. The second-order valence-corrected chi connectivity index (χ2v) is 6.70. The number of carbonyl (C=O) groups excluding carboxylic acids is 1. The fraction of sp³-hybridized carbons (Fsp3) is 0.238. The van der Waals surface area contributed by atoms with Gasteiger partial charge in [-0.25, -0.2) is 14.2 Å². The molecule has 0 aliphatic heterocycles. The van der Waals surface area contributed by atoms with E-state index in [0.29, 0.717) is 25.2 Å². The third-order valence-electron chi connectivity index (χ3n) is 4.59. The number of aromatic carboxylic acids is 1. The third kappa shape index (κ3) is 4.99. The molecule has 9 heteroatoms. The van der Waals surface area contributed by atoms with Gasteiger partial charge in [0.25, 0.3) is 5.91 Å². The minimum atomic E-state index is -1.19. The number of aromatic amines is 1. The highest BCUT2D eigenvalue weighted by Gasteiger charge is 2.22. The van der Waals surface area contributed by atoms with Gasteiger partial charge >= 0.3 is 5.97 Å². The Labute approximate surface area is 172 Å². The second kappa shape index (κ2) is 9.64. The first-order valence-electron chi connectivity index (χ1n) is 9.44. The first kappa shape index (κ1) is 21.0. The van der Waals surface area contributed by atoms with Crippen LogP contribution in [0.2, 0.25) is 0 Å². The van der Waals surface area contributed by atoms with E-state index >= 15 is 0 Å². The average Bonchev–Trinajstić information content (AvgIpc) is 3.19.